The van der Waals surface area contributed by atoms with Crippen LogP contribution in [0.4, 0.5) is 5.69 Å². The Hall–Kier alpha value is -2.94. The van der Waals surface area contributed by atoms with Crippen molar-refractivity contribution in [2.45, 2.75) is 17.9 Å². The molecule has 0 saturated carbocycles. The molecule has 4 rings (SSSR count). The van der Waals surface area contributed by atoms with Crippen LogP contribution in [0.2, 0.25) is 5.02 Å². The number of aromatic nitrogens is 1. The van der Waals surface area contributed by atoms with Crippen molar-refractivity contribution in [3.05, 3.63) is 82.5 Å². The Morgan fingerprint density at radius 2 is 1.90 bits per heavy atom. The first-order valence-corrected chi connectivity index (χ1v) is 11.4. The van der Waals surface area contributed by atoms with Gasteiger partial charge in [-0.3, -0.25) is 4.79 Å². The molecule has 9 heteroatoms. The van der Waals surface area contributed by atoms with E-state index < -0.39 is 15.9 Å². The number of nitrogens with one attached hydrogen (secondary N) is 1. The molecule has 0 spiro atoms. The number of methoxy groups -OCH3 is 1. The van der Waals surface area contributed by atoms with Crippen LogP contribution in [0.3, 0.4) is 0 Å². The number of carbonyl (C=O) groups is 1. The normalized spacial score (nSPS) is 14.0. The number of carbonyl (C=O) groups excluding carboxylic acids is 1. The number of ether oxygens (including phenoxy) is 1. The first-order valence-electron chi connectivity index (χ1n) is 9.56. The molecule has 0 fully saturated rings. The van der Waals surface area contributed by atoms with Crippen molar-refractivity contribution in [2.75, 3.05) is 19.0 Å². The van der Waals surface area contributed by atoms with Gasteiger partial charge in [-0.25, -0.2) is 13.4 Å². The van der Waals surface area contributed by atoms with E-state index in [4.69, 9.17) is 16.3 Å². The summed E-state index contributed by atoms with van der Waals surface area (Å²) in [4.78, 5) is 16.8. The predicted molar refractivity (Wildman–Crippen MR) is 118 cm³/mol. The molecule has 0 aliphatic carbocycles. The maximum atomic E-state index is 13.2. The zero-order valence-corrected chi connectivity index (χ0v) is 18.3. The SMILES string of the molecule is COc1ccc(NC(=O)c2cc(S(=O)(=O)N3CCc4ccccc4C3)ccc2Cl)cn1. The molecule has 0 radical (unpaired) electrons. The van der Waals surface area contributed by atoms with Gasteiger partial charge < -0.3 is 10.1 Å². The van der Waals surface area contributed by atoms with Gasteiger partial charge in [0.1, 0.15) is 0 Å². The molecule has 2 aromatic carbocycles. The number of hydrogen-bond acceptors (Lipinski definition) is 5. The number of fused-ring (bicyclic) bond motifs is 1. The van der Waals surface area contributed by atoms with Crippen molar-refractivity contribution >= 4 is 33.2 Å². The second-order valence-electron chi connectivity index (χ2n) is 7.04. The van der Waals surface area contributed by atoms with Gasteiger partial charge in [-0.05, 0) is 41.8 Å². The molecule has 1 aromatic heterocycles. The number of hydrogen-bond donors (Lipinski definition) is 1. The summed E-state index contributed by atoms with van der Waals surface area (Å²) < 4.78 is 32.9. The lowest BCUT2D eigenvalue weighted by atomic mass is 10.0. The number of nitrogens with zero attached hydrogens (tertiary/aromatic N) is 2. The summed E-state index contributed by atoms with van der Waals surface area (Å²) in [6.07, 6.45) is 2.08. The van der Waals surface area contributed by atoms with E-state index in [-0.39, 0.29) is 15.5 Å². The van der Waals surface area contributed by atoms with E-state index in [0.29, 0.717) is 31.1 Å². The van der Waals surface area contributed by atoms with Crippen molar-refractivity contribution in [3.63, 3.8) is 0 Å². The lowest BCUT2D eigenvalue weighted by Gasteiger charge is -2.28. The van der Waals surface area contributed by atoms with Crippen LogP contribution >= 0.6 is 11.6 Å². The number of amides is 1. The van der Waals surface area contributed by atoms with Gasteiger partial charge in [0, 0.05) is 19.2 Å². The highest BCUT2D eigenvalue weighted by molar-refractivity contribution is 7.89. The van der Waals surface area contributed by atoms with Crippen molar-refractivity contribution in [1.82, 2.24) is 9.29 Å². The largest absolute Gasteiger partial charge is 0.481 e. The number of halogens is 1. The zero-order chi connectivity index (χ0) is 22.0. The van der Waals surface area contributed by atoms with Gasteiger partial charge in [0.2, 0.25) is 15.9 Å². The first kappa shape index (κ1) is 21.3. The summed E-state index contributed by atoms with van der Waals surface area (Å²) in [5, 5.41) is 2.83. The van der Waals surface area contributed by atoms with Crippen LogP contribution < -0.4 is 10.1 Å². The van der Waals surface area contributed by atoms with Gasteiger partial charge in [-0.2, -0.15) is 4.31 Å². The number of rotatable bonds is 5. The average molecular weight is 458 g/mol. The van der Waals surface area contributed by atoms with Gasteiger partial charge in [0.05, 0.1) is 34.5 Å². The number of anilines is 1. The van der Waals surface area contributed by atoms with E-state index >= 15 is 0 Å². The molecule has 0 atom stereocenters. The molecule has 1 aliphatic rings. The predicted octanol–water partition coefficient (Wildman–Crippen LogP) is 3.74. The molecular weight excluding hydrogens is 438 g/mol. The van der Waals surface area contributed by atoms with E-state index in [1.807, 2.05) is 24.3 Å². The van der Waals surface area contributed by atoms with E-state index in [1.54, 1.807) is 12.1 Å². The van der Waals surface area contributed by atoms with E-state index in [9.17, 15) is 13.2 Å². The summed E-state index contributed by atoms with van der Waals surface area (Å²) in [5.41, 5.74) is 2.63. The van der Waals surface area contributed by atoms with Gasteiger partial charge in [0.25, 0.3) is 5.91 Å². The Bertz CT molecular complexity index is 1230. The Morgan fingerprint density at radius 1 is 1.13 bits per heavy atom. The maximum absolute atomic E-state index is 13.2. The maximum Gasteiger partial charge on any atom is 0.257 e. The fraction of sp³-hybridized carbons (Fsp3) is 0.182. The number of benzene rings is 2. The van der Waals surface area contributed by atoms with Crippen molar-refractivity contribution in [1.29, 1.82) is 0 Å². The van der Waals surface area contributed by atoms with Crippen LogP contribution in [0.5, 0.6) is 5.88 Å². The van der Waals surface area contributed by atoms with Crippen molar-refractivity contribution in [2.24, 2.45) is 0 Å². The molecule has 1 N–H and O–H groups in total. The second kappa shape index (κ2) is 8.66. The zero-order valence-electron chi connectivity index (χ0n) is 16.7. The number of pyridine rings is 1. The highest BCUT2D eigenvalue weighted by Crippen LogP contribution is 2.28. The third kappa shape index (κ3) is 4.41. The summed E-state index contributed by atoms with van der Waals surface area (Å²) in [7, 11) is -2.30. The van der Waals surface area contributed by atoms with Crippen molar-refractivity contribution < 1.29 is 17.9 Å². The highest BCUT2D eigenvalue weighted by Gasteiger charge is 2.29. The molecule has 7 nitrogen and oxygen atoms in total. The lowest BCUT2D eigenvalue weighted by Crippen LogP contribution is -2.36. The molecule has 1 aliphatic heterocycles. The molecule has 0 unspecified atom stereocenters. The molecule has 2 heterocycles. The van der Waals surface area contributed by atoms with Crippen LogP contribution in [0.25, 0.3) is 0 Å². The molecular formula is C22H20ClN3O4S. The minimum Gasteiger partial charge on any atom is -0.481 e. The smallest absolute Gasteiger partial charge is 0.257 e. The third-order valence-electron chi connectivity index (χ3n) is 5.12. The minimum absolute atomic E-state index is 0.0225. The Kier molecular flexibility index (Phi) is 5.95. The average Bonchev–Trinajstić information content (AvgIpc) is 2.79. The summed E-state index contributed by atoms with van der Waals surface area (Å²) >= 11 is 6.20. The summed E-state index contributed by atoms with van der Waals surface area (Å²) in [5.74, 6) is -0.120. The Balaban J connectivity index is 1.58. The molecule has 1 amide bonds. The van der Waals surface area contributed by atoms with Gasteiger partial charge in [-0.1, -0.05) is 35.9 Å². The van der Waals surface area contributed by atoms with Gasteiger partial charge >= 0.3 is 0 Å². The fourth-order valence-electron chi connectivity index (χ4n) is 3.44. The van der Waals surface area contributed by atoms with Gasteiger partial charge in [-0.15, -0.1) is 0 Å². The minimum atomic E-state index is -3.79. The van der Waals surface area contributed by atoms with Crippen LogP contribution in [-0.2, 0) is 23.0 Å². The van der Waals surface area contributed by atoms with Crippen molar-refractivity contribution in [3.8, 4) is 5.88 Å². The van der Waals surface area contributed by atoms with E-state index in [0.717, 1.165) is 11.1 Å². The first-order chi connectivity index (χ1) is 14.9. The Morgan fingerprint density at radius 3 is 2.61 bits per heavy atom. The molecule has 0 bridgehead atoms. The standard InChI is InChI=1S/C22H20ClN3O4S/c1-30-21-9-6-17(13-24-21)25-22(27)19-12-18(7-8-20(19)23)31(28,29)26-11-10-15-4-2-3-5-16(15)14-26/h2-9,12-13H,10-11,14H2,1H3,(H,25,27). The summed E-state index contributed by atoms with van der Waals surface area (Å²) in [6.45, 7) is 0.668. The van der Waals surface area contributed by atoms with Crippen LogP contribution in [0.15, 0.2) is 65.7 Å². The van der Waals surface area contributed by atoms with Crippen LogP contribution in [-0.4, -0.2) is 37.3 Å². The lowest BCUT2D eigenvalue weighted by molar-refractivity contribution is 0.102. The highest BCUT2D eigenvalue weighted by atomic mass is 35.5. The topological polar surface area (TPSA) is 88.6 Å². The summed E-state index contributed by atoms with van der Waals surface area (Å²) in [6, 6.07) is 15.2. The van der Waals surface area contributed by atoms with Gasteiger partial charge in [0.15, 0.2) is 0 Å². The number of sulfonamides is 1. The molecule has 160 valence electrons. The fourth-order valence-corrected chi connectivity index (χ4v) is 5.09. The monoisotopic (exact) mass is 457 g/mol. The van der Waals surface area contributed by atoms with Crippen LogP contribution in [0, 0.1) is 0 Å². The quantitative estimate of drug-likeness (QED) is 0.630. The van der Waals surface area contributed by atoms with E-state index in [2.05, 4.69) is 10.3 Å². The molecule has 0 saturated heterocycles. The van der Waals surface area contributed by atoms with E-state index in [1.165, 1.54) is 35.8 Å². The molecule has 31 heavy (non-hydrogen) atoms. The van der Waals surface area contributed by atoms with Crippen LogP contribution in [0.1, 0.15) is 21.5 Å². The second-order valence-corrected chi connectivity index (χ2v) is 9.39. The third-order valence-corrected chi connectivity index (χ3v) is 7.29. The molecule has 3 aromatic rings. The Labute approximate surface area is 185 Å².